The van der Waals surface area contributed by atoms with Gasteiger partial charge >= 0.3 is 0 Å². The van der Waals surface area contributed by atoms with E-state index >= 15 is 0 Å². The summed E-state index contributed by atoms with van der Waals surface area (Å²) in [5, 5.41) is 8.41. The van der Waals surface area contributed by atoms with E-state index in [1.807, 2.05) is 48.2 Å². The molecule has 4 aromatic rings. The lowest BCUT2D eigenvalue weighted by Crippen LogP contribution is -2.45. The molecule has 1 atom stereocenters. The van der Waals surface area contributed by atoms with Crippen LogP contribution < -0.4 is 5.32 Å². The van der Waals surface area contributed by atoms with E-state index in [2.05, 4.69) is 48.6 Å². The zero-order chi connectivity index (χ0) is 23.7. The third-order valence-corrected chi connectivity index (χ3v) is 6.52. The fourth-order valence-corrected chi connectivity index (χ4v) is 4.48. The van der Waals surface area contributed by atoms with Crippen LogP contribution in [0.25, 0.3) is 17.0 Å². The molecular formula is C27H26N4O2S. The third-order valence-electron chi connectivity index (χ3n) is 6.18. The minimum absolute atomic E-state index is 0.211. The van der Waals surface area contributed by atoms with E-state index in [4.69, 9.17) is 26.1 Å². The highest BCUT2D eigenvalue weighted by molar-refractivity contribution is 7.80. The van der Waals surface area contributed by atoms with E-state index < -0.39 is 0 Å². The van der Waals surface area contributed by atoms with Crippen molar-refractivity contribution in [2.75, 3.05) is 0 Å². The number of thiocarbonyl (C=S) groups is 1. The van der Waals surface area contributed by atoms with Gasteiger partial charge < -0.3 is 19.2 Å². The van der Waals surface area contributed by atoms with Gasteiger partial charge in [-0.25, -0.2) is 0 Å². The minimum Gasteiger partial charge on any atom is -0.467 e. The van der Waals surface area contributed by atoms with Crippen LogP contribution in [0.15, 0.2) is 81.6 Å². The predicted octanol–water partition coefficient (Wildman–Crippen LogP) is 6.06. The van der Waals surface area contributed by atoms with E-state index in [1.54, 1.807) is 6.26 Å². The lowest BCUT2D eigenvalue weighted by molar-refractivity contribution is 0.382. The van der Waals surface area contributed by atoms with Crippen molar-refractivity contribution in [1.29, 1.82) is 0 Å². The summed E-state index contributed by atoms with van der Waals surface area (Å²) < 4.78 is 11.4. The fourth-order valence-electron chi connectivity index (χ4n) is 4.16. The Labute approximate surface area is 204 Å². The molecule has 1 aliphatic rings. The second-order valence-electron chi connectivity index (χ2n) is 8.43. The first kappa shape index (κ1) is 22.1. The fraction of sp³-hybridized carbons (Fsp3) is 0.222. The average Bonchev–Trinajstić information content (AvgIpc) is 3.54. The summed E-state index contributed by atoms with van der Waals surface area (Å²) in [6.07, 6.45) is 2.65. The highest BCUT2D eigenvalue weighted by Gasteiger charge is 2.34. The summed E-state index contributed by atoms with van der Waals surface area (Å²) in [7, 11) is 0. The predicted molar refractivity (Wildman–Crippen MR) is 136 cm³/mol. The molecule has 0 bridgehead atoms. The Morgan fingerprint density at radius 2 is 1.79 bits per heavy atom. The first-order valence-electron chi connectivity index (χ1n) is 11.3. The van der Waals surface area contributed by atoms with Crippen molar-refractivity contribution in [1.82, 2.24) is 20.4 Å². The van der Waals surface area contributed by atoms with Crippen LogP contribution in [0.1, 0.15) is 48.2 Å². The Bertz CT molecular complexity index is 1320. The van der Waals surface area contributed by atoms with Crippen molar-refractivity contribution in [3.8, 4) is 11.4 Å². The number of allylic oxidation sites excluding steroid dienone is 1. The lowest BCUT2D eigenvalue weighted by atomic mass is 9.94. The number of nitrogens with one attached hydrogen (secondary N) is 1. The van der Waals surface area contributed by atoms with Gasteiger partial charge in [-0.1, -0.05) is 66.2 Å². The van der Waals surface area contributed by atoms with Gasteiger partial charge in [0.25, 0.3) is 5.89 Å². The molecular weight excluding hydrogens is 444 g/mol. The summed E-state index contributed by atoms with van der Waals surface area (Å²) in [4.78, 5) is 6.79. The molecule has 0 amide bonds. The van der Waals surface area contributed by atoms with Crippen LogP contribution in [0, 0.1) is 6.92 Å². The van der Waals surface area contributed by atoms with Crippen molar-refractivity contribution in [3.05, 3.63) is 101 Å². The van der Waals surface area contributed by atoms with E-state index in [0.717, 1.165) is 34.6 Å². The van der Waals surface area contributed by atoms with Crippen LogP contribution >= 0.6 is 12.2 Å². The van der Waals surface area contributed by atoms with Gasteiger partial charge in [0.15, 0.2) is 5.11 Å². The molecule has 5 rings (SSSR count). The number of nitrogens with zero attached hydrogens (tertiary/aromatic N) is 3. The molecule has 6 nitrogen and oxygen atoms in total. The minimum atomic E-state index is -0.211. The maximum atomic E-state index is 5.82. The van der Waals surface area contributed by atoms with Gasteiger partial charge in [-0.05, 0) is 55.7 Å². The maximum absolute atomic E-state index is 5.82. The average molecular weight is 471 g/mol. The zero-order valence-corrected chi connectivity index (χ0v) is 20.2. The van der Waals surface area contributed by atoms with E-state index in [1.165, 1.54) is 11.1 Å². The second kappa shape index (κ2) is 9.27. The molecule has 172 valence electrons. The van der Waals surface area contributed by atoms with Gasteiger partial charge in [-0.3, -0.25) is 0 Å². The van der Waals surface area contributed by atoms with E-state index in [-0.39, 0.29) is 6.04 Å². The molecule has 2 aromatic heterocycles. The third kappa shape index (κ3) is 4.26. The largest absolute Gasteiger partial charge is 0.467 e. The van der Waals surface area contributed by atoms with Crippen LogP contribution in [0.4, 0.5) is 0 Å². The summed E-state index contributed by atoms with van der Waals surface area (Å²) in [6, 6.07) is 20.2. The molecule has 0 saturated heterocycles. The molecule has 0 aliphatic carbocycles. The smallest absolute Gasteiger partial charge is 0.258 e. The summed E-state index contributed by atoms with van der Waals surface area (Å²) in [5.74, 6) is 1.85. The molecule has 0 radical (unpaired) electrons. The van der Waals surface area contributed by atoms with Crippen LogP contribution in [-0.2, 0) is 13.0 Å². The quantitative estimate of drug-likeness (QED) is 0.343. The Morgan fingerprint density at radius 3 is 2.47 bits per heavy atom. The van der Waals surface area contributed by atoms with Crippen molar-refractivity contribution >= 4 is 22.9 Å². The SMILES string of the molecule is CCc1ccc(C2NC(=S)N(Cc3ccco3)C(C)=C2c2nc(-c3ccc(C)cc3)no2)cc1. The van der Waals surface area contributed by atoms with E-state index in [9.17, 15) is 0 Å². The lowest BCUT2D eigenvalue weighted by Gasteiger charge is -2.37. The standard InChI is InChI=1S/C27H26N4O2S/c1-4-19-9-13-20(14-10-19)24-23(18(3)31(27(34)28-24)16-22-6-5-15-32-22)26-29-25(30-33-26)21-11-7-17(2)8-12-21/h5-15,24H,4,16H2,1-3H3,(H,28,34). The maximum Gasteiger partial charge on any atom is 0.258 e. The number of benzene rings is 2. The van der Waals surface area contributed by atoms with Gasteiger partial charge in [0, 0.05) is 11.3 Å². The Kier molecular flexibility index (Phi) is 6.02. The van der Waals surface area contributed by atoms with Crippen molar-refractivity contribution in [3.63, 3.8) is 0 Å². The van der Waals surface area contributed by atoms with Gasteiger partial charge in [-0.2, -0.15) is 4.98 Å². The van der Waals surface area contributed by atoms with Gasteiger partial charge in [-0.15, -0.1) is 0 Å². The molecule has 1 unspecified atom stereocenters. The van der Waals surface area contributed by atoms with Crippen LogP contribution in [0.2, 0.25) is 0 Å². The van der Waals surface area contributed by atoms with Gasteiger partial charge in [0.05, 0.1) is 24.4 Å². The molecule has 1 N–H and O–H groups in total. The number of furan rings is 1. The number of hydrogen-bond donors (Lipinski definition) is 1. The van der Waals surface area contributed by atoms with Gasteiger partial charge in [0.1, 0.15) is 5.76 Å². The highest BCUT2D eigenvalue weighted by atomic mass is 32.1. The van der Waals surface area contributed by atoms with Crippen LogP contribution in [-0.4, -0.2) is 20.2 Å². The number of aromatic nitrogens is 2. The van der Waals surface area contributed by atoms with Crippen molar-refractivity contribution < 1.29 is 8.94 Å². The zero-order valence-electron chi connectivity index (χ0n) is 19.4. The van der Waals surface area contributed by atoms with Gasteiger partial charge in [0.2, 0.25) is 5.82 Å². The monoisotopic (exact) mass is 470 g/mol. The van der Waals surface area contributed by atoms with E-state index in [0.29, 0.717) is 23.4 Å². The Balaban J connectivity index is 1.58. The molecule has 7 heteroatoms. The first-order valence-corrected chi connectivity index (χ1v) is 11.8. The van der Waals surface area contributed by atoms with Crippen LogP contribution in [0.3, 0.4) is 0 Å². The molecule has 0 saturated carbocycles. The number of rotatable bonds is 6. The Hall–Kier alpha value is -3.71. The molecule has 1 aliphatic heterocycles. The van der Waals surface area contributed by atoms with Crippen molar-refractivity contribution in [2.45, 2.75) is 39.8 Å². The highest BCUT2D eigenvalue weighted by Crippen LogP contribution is 2.38. The Morgan fingerprint density at radius 1 is 1.03 bits per heavy atom. The number of aryl methyl sites for hydroxylation is 2. The molecule has 2 aromatic carbocycles. The molecule has 0 fully saturated rings. The topological polar surface area (TPSA) is 67.3 Å². The summed E-state index contributed by atoms with van der Waals surface area (Å²) in [6.45, 7) is 6.75. The molecule has 3 heterocycles. The number of hydrogen-bond acceptors (Lipinski definition) is 5. The van der Waals surface area contributed by atoms with Crippen molar-refractivity contribution in [2.24, 2.45) is 0 Å². The normalized spacial score (nSPS) is 16.1. The summed E-state index contributed by atoms with van der Waals surface area (Å²) in [5.41, 5.74) is 6.30. The first-order chi connectivity index (χ1) is 16.5. The van der Waals surface area contributed by atoms with Crippen LogP contribution in [0.5, 0.6) is 0 Å². The molecule has 0 spiro atoms. The summed E-state index contributed by atoms with van der Waals surface area (Å²) >= 11 is 5.77. The second-order valence-corrected chi connectivity index (χ2v) is 8.82. The molecule has 34 heavy (non-hydrogen) atoms.